The molecule has 3 N–H and O–H groups in total. The lowest BCUT2D eigenvalue weighted by Crippen LogP contribution is -2.43. The third-order valence-electron chi connectivity index (χ3n) is 2.71. The molecule has 1 atom stereocenters. The van der Waals surface area contributed by atoms with Gasteiger partial charge in [0.05, 0.1) is 17.3 Å². The normalized spacial score (nSPS) is 14.6. The molecule has 0 aliphatic heterocycles. The molecule has 1 unspecified atom stereocenters. The second-order valence-electron chi connectivity index (χ2n) is 4.81. The summed E-state index contributed by atoms with van der Waals surface area (Å²) < 4.78 is 23.8. The molecular formula is C13H19NO5S. The summed E-state index contributed by atoms with van der Waals surface area (Å²) in [4.78, 5) is 11.7. The first-order valence-corrected chi connectivity index (χ1v) is 7.80. The highest BCUT2D eigenvalue weighted by Crippen LogP contribution is 2.11. The summed E-state index contributed by atoms with van der Waals surface area (Å²) in [5.74, 6) is -0.789. The van der Waals surface area contributed by atoms with Gasteiger partial charge in [-0.1, -0.05) is 18.2 Å². The van der Waals surface area contributed by atoms with Crippen LogP contribution in [0.3, 0.4) is 0 Å². The molecular weight excluding hydrogens is 282 g/mol. The van der Waals surface area contributed by atoms with Crippen LogP contribution in [0.2, 0.25) is 0 Å². The number of aliphatic hydroxyl groups is 2. The van der Waals surface area contributed by atoms with Gasteiger partial charge in [-0.15, -0.1) is 0 Å². The maximum atomic E-state index is 11.9. The van der Waals surface area contributed by atoms with Crippen molar-refractivity contribution in [2.45, 2.75) is 23.8 Å². The van der Waals surface area contributed by atoms with Crippen molar-refractivity contribution >= 4 is 15.7 Å². The highest BCUT2D eigenvalue weighted by Gasteiger charge is 2.21. The Hall–Kier alpha value is -1.44. The Morgan fingerprint density at radius 1 is 1.30 bits per heavy atom. The molecule has 0 saturated carbocycles. The predicted molar refractivity (Wildman–Crippen MR) is 73.8 cm³/mol. The number of hydrogen-bond donors (Lipinski definition) is 3. The van der Waals surface area contributed by atoms with Crippen LogP contribution in [-0.4, -0.2) is 49.0 Å². The minimum atomic E-state index is -3.49. The van der Waals surface area contributed by atoms with Crippen LogP contribution in [-0.2, 0) is 14.6 Å². The summed E-state index contributed by atoms with van der Waals surface area (Å²) in [6, 6.07) is 7.90. The van der Waals surface area contributed by atoms with Crippen LogP contribution in [0.5, 0.6) is 0 Å². The summed E-state index contributed by atoms with van der Waals surface area (Å²) in [5.41, 5.74) is -1.41. The summed E-state index contributed by atoms with van der Waals surface area (Å²) in [7, 11) is -3.49. The molecule has 112 valence electrons. The number of sulfone groups is 1. The summed E-state index contributed by atoms with van der Waals surface area (Å²) in [6.07, 6.45) is -0.196. The molecule has 20 heavy (non-hydrogen) atoms. The molecule has 0 aliphatic rings. The standard InChI is InChI=1S/C13H19NO5S/c1-13(17,10-15)9-14-12(16)7-8-20(18,19)11-5-3-2-4-6-11/h2-6,15,17H,7-10H2,1H3,(H,14,16). The van der Waals surface area contributed by atoms with Gasteiger partial charge in [0.2, 0.25) is 5.91 Å². The number of rotatable bonds is 7. The number of benzene rings is 1. The van der Waals surface area contributed by atoms with Crippen molar-refractivity contribution in [3.05, 3.63) is 30.3 Å². The van der Waals surface area contributed by atoms with E-state index in [9.17, 15) is 18.3 Å². The van der Waals surface area contributed by atoms with Gasteiger partial charge in [-0.05, 0) is 19.1 Å². The van der Waals surface area contributed by atoms with E-state index in [-0.39, 0.29) is 23.6 Å². The number of nitrogens with one attached hydrogen (secondary N) is 1. The third kappa shape index (κ3) is 5.28. The van der Waals surface area contributed by atoms with E-state index in [0.717, 1.165) is 0 Å². The zero-order chi connectivity index (χ0) is 15.2. The van der Waals surface area contributed by atoms with Gasteiger partial charge in [0.25, 0.3) is 0 Å². The zero-order valence-electron chi connectivity index (χ0n) is 11.2. The minimum Gasteiger partial charge on any atom is -0.393 e. The summed E-state index contributed by atoms with van der Waals surface area (Å²) in [5, 5.41) is 20.7. The second kappa shape index (κ2) is 6.83. The Labute approximate surface area is 118 Å². The molecule has 0 bridgehead atoms. The quantitative estimate of drug-likeness (QED) is 0.642. The Morgan fingerprint density at radius 3 is 2.45 bits per heavy atom. The van der Waals surface area contributed by atoms with Crippen LogP contribution in [0, 0.1) is 0 Å². The van der Waals surface area contributed by atoms with Crippen molar-refractivity contribution in [1.29, 1.82) is 0 Å². The molecule has 7 heteroatoms. The van der Waals surface area contributed by atoms with Crippen LogP contribution in [0.4, 0.5) is 0 Å². The van der Waals surface area contributed by atoms with Crippen LogP contribution in [0.1, 0.15) is 13.3 Å². The molecule has 0 spiro atoms. The maximum absolute atomic E-state index is 11.9. The second-order valence-corrected chi connectivity index (χ2v) is 6.92. The van der Waals surface area contributed by atoms with Crippen molar-refractivity contribution in [2.24, 2.45) is 0 Å². The Bertz CT molecular complexity index is 539. The van der Waals surface area contributed by atoms with E-state index in [1.165, 1.54) is 19.1 Å². The van der Waals surface area contributed by atoms with E-state index in [1.807, 2.05) is 0 Å². The number of carbonyl (C=O) groups excluding carboxylic acids is 1. The van der Waals surface area contributed by atoms with E-state index in [4.69, 9.17) is 5.11 Å². The largest absolute Gasteiger partial charge is 0.393 e. The Balaban J connectivity index is 2.49. The fourth-order valence-corrected chi connectivity index (χ4v) is 2.67. The van der Waals surface area contributed by atoms with Crippen molar-refractivity contribution in [2.75, 3.05) is 18.9 Å². The fraction of sp³-hybridized carbons (Fsp3) is 0.462. The molecule has 0 heterocycles. The number of carbonyl (C=O) groups is 1. The highest BCUT2D eigenvalue weighted by molar-refractivity contribution is 7.91. The molecule has 1 rings (SSSR count). The van der Waals surface area contributed by atoms with E-state index < -0.39 is 28.0 Å². The van der Waals surface area contributed by atoms with Gasteiger partial charge in [0, 0.05) is 13.0 Å². The molecule has 0 aromatic heterocycles. The first-order valence-electron chi connectivity index (χ1n) is 6.14. The van der Waals surface area contributed by atoms with Gasteiger partial charge in [-0.2, -0.15) is 0 Å². The lowest BCUT2D eigenvalue weighted by molar-refractivity contribution is -0.122. The third-order valence-corrected chi connectivity index (χ3v) is 4.44. The predicted octanol–water partition coefficient (Wildman–Crippen LogP) is -0.290. The van der Waals surface area contributed by atoms with Gasteiger partial charge in [0.15, 0.2) is 9.84 Å². The molecule has 6 nitrogen and oxygen atoms in total. The van der Waals surface area contributed by atoms with E-state index in [1.54, 1.807) is 18.2 Å². The van der Waals surface area contributed by atoms with Crippen LogP contribution in [0.15, 0.2) is 35.2 Å². The molecule has 0 fully saturated rings. The average molecular weight is 301 g/mol. The number of aliphatic hydroxyl groups excluding tert-OH is 1. The van der Waals surface area contributed by atoms with E-state index >= 15 is 0 Å². The van der Waals surface area contributed by atoms with Crippen molar-refractivity contribution < 1.29 is 23.4 Å². The number of amides is 1. The van der Waals surface area contributed by atoms with Gasteiger partial charge >= 0.3 is 0 Å². The molecule has 0 aliphatic carbocycles. The van der Waals surface area contributed by atoms with E-state index in [0.29, 0.717) is 0 Å². The molecule has 0 radical (unpaired) electrons. The zero-order valence-corrected chi connectivity index (χ0v) is 12.1. The number of hydrogen-bond acceptors (Lipinski definition) is 5. The van der Waals surface area contributed by atoms with Gasteiger partial charge in [-0.3, -0.25) is 4.79 Å². The van der Waals surface area contributed by atoms with E-state index in [2.05, 4.69) is 5.32 Å². The first kappa shape index (κ1) is 16.6. The van der Waals surface area contributed by atoms with Crippen LogP contribution in [0.25, 0.3) is 0 Å². The first-order chi connectivity index (χ1) is 9.27. The smallest absolute Gasteiger partial charge is 0.221 e. The topological polar surface area (TPSA) is 104 Å². The molecule has 0 saturated heterocycles. The monoisotopic (exact) mass is 301 g/mol. The van der Waals surface area contributed by atoms with Crippen molar-refractivity contribution in [3.8, 4) is 0 Å². The Kier molecular flexibility index (Phi) is 5.67. The fourth-order valence-electron chi connectivity index (χ4n) is 1.41. The summed E-state index contributed by atoms with van der Waals surface area (Å²) in [6.45, 7) is 0.747. The van der Waals surface area contributed by atoms with Gasteiger partial charge in [-0.25, -0.2) is 8.42 Å². The highest BCUT2D eigenvalue weighted by atomic mass is 32.2. The van der Waals surface area contributed by atoms with Gasteiger partial charge < -0.3 is 15.5 Å². The molecule has 1 aromatic carbocycles. The lowest BCUT2D eigenvalue weighted by Gasteiger charge is -2.20. The minimum absolute atomic E-state index is 0.131. The van der Waals surface area contributed by atoms with Gasteiger partial charge in [0.1, 0.15) is 5.60 Å². The van der Waals surface area contributed by atoms with Crippen molar-refractivity contribution in [1.82, 2.24) is 5.32 Å². The maximum Gasteiger partial charge on any atom is 0.221 e. The van der Waals surface area contributed by atoms with Crippen LogP contribution >= 0.6 is 0 Å². The molecule has 1 aromatic rings. The SMILES string of the molecule is CC(O)(CO)CNC(=O)CCS(=O)(=O)c1ccccc1. The Morgan fingerprint density at radius 2 is 1.90 bits per heavy atom. The molecule has 1 amide bonds. The summed E-state index contributed by atoms with van der Waals surface area (Å²) >= 11 is 0. The lowest BCUT2D eigenvalue weighted by atomic mass is 10.1. The van der Waals surface area contributed by atoms with Crippen molar-refractivity contribution in [3.63, 3.8) is 0 Å². The average Bonchev–Trinajstić information content (AvgIpc) is 2.44. The van der Waals surface area contributed by atoms with Crippen LogP contribution < -0.4 is 5.32 Å².